The summed E-state index contributed by atoms with van der Waals surface area (Å²) >= 11 is 0. The van der Waals surface area contributed by atoms with Crippen molar-refractivity contribution in [2.45, 2.75) is 46.0 Å². The number of imidazole rings is 1. The third-order valence-corrected chi connectivity index (χ3v) is 2.49. The Balaban J connectivity index is 0.000000327. The topological polar surface area (TPSA) is 82.8 Å². The molecule has 0 amide bonds. The molecule has 1 unspecified atom stereocenters. The second-order valence-corrected chi connectivity index (χ2v) is 4.28. The van der Waals surface area contributed by atoms with Gasteiger partial charge in [-0.05, 0) is 6.42 Å². The smallest absolute Gasteiger partial charge is 0.312 e. The third kappa shape index (κ3) is 8.50. The number of hydrogen-bond donors (Lipinski definition) is 2. The Labute approximate surface area is 107 Å². The fourth-order valence-electron chi connectivity index (χ4n) is 1.37. The van der Waals surface area contributed by atoms with E-state index in [1.54, 1.807) is 0 Å². The van der Waals surface area contributed by atoms with Gasteiger partial charge in [-0.15, -0.1) is 0 Å². The van der Waals surface area contributed by atoms with E-state index in [9.17, 15) is 14.4 Å². The highest BCUT2D eigenvalue weighted by molar-refractivity contribution is 5.70. The molecular formula is C13H22N2O3. The summed E-state index contributed by atoms with van der Waals surface area (Å²) < 4.78 is 0. The maximum Gasteiger partial charge on any atom is 0.323 e. The summed E-state index contributed by atoms with van der Waals surface area (Å²) in [7, 11) is 0. The molecule has 0 aliphatic rings. The molecule has 102 valence electrons. The normalized spacial score (nSPS) is 11.2. The molecule has 5 heteroatoms. The van der Waals surface area contributed by atoms with Crippen LogP contribution < -0.4 is 5.69 Å². The van der Waals surface area contributed by atoms with E-state index in [-0.39, 0.29) is 17.3 Å². The molecule has 0 saturated heterocycles. The van der Waals surface area contributed by atoms with Crippen molar-refractivity contribution < 1.29 is 9.59 Å². The molecule has 1 atom stereocenters. The summed E-state index contributed by atoms with van der Waals surface area (Å²) in [6.45, 7) is 4.18. The molecule has 0 radical (unpaired) electrons. The summed E-state index contributed by atoms with van der Waals surface area (Å²) in [6, 6.07) is 0. The van der Waals surface area contributed by atoms with Crippen molar-refractivity contribution in [3.05, 3.63) is 22.4 Å². The lowest BCUT2D eigenvalue weighted by Gasteiger charge is -2.00. The quantitative estimate of drug-likeness (QED) is 0.578. The summed E-state index contributed by atoms with van der Waals surface area (Å²) in [5.41, 5.74) is -0.0814. The summed E-state index contributed by atoms with van der Waals surface area (Å²) in [4.78, 5) is 34.7. The number of nitrogens with one attached hydrogen (secondary N) is 2. The van der Waals surface area contributed by atoms with E-state index >= 15 is 0 Å². The van der Waals surface area contributed by atoms with Gasteiger partial charge in [-0.2, -0.15) is 0 Å². The number of rotatable bonds is 7. The highest BCUT2D eigenvalue weighted by atomic mass is 16.1. The summed E-state index contributed by atoms with van der Waals surface area (Å²) in [5, 5.41) is 0. The van der Waals surface area contributed by atoms with Crippen molar-refractivity contribution in [1.29, 1.82) is 0 Å². The molecule has 1 heterocycles. The van der Waals surface area contributed by atoms with Crippen LogP contribution in [0.15, 0.2) is 11.0 Å². The van der Waals surface area contributed by atoms with Crippen LogP contribution in [0.2, 0.25) is 0 Å². The Morgan fingerprint density at radius 1 is 1.28 bits per heavy atom. The number of H-pyrrole nitrogens is 2. The highest BCUT2D eigenvalue weighted by Crippen LogP contribution is 2.07. The minimum absolute atomic E-state index is 0.273. The van der Waals surface area contributed by atoms with Crippen LogP contribution in [0, 0.1) is 5.92 Å². The Kier molecular flexibility index (Phi) is 9.54. The van der Waals surface area contributed by atoms with Gasteiger partial charge in [0.15, 0.2) is 6.29 Å². The van der Waals surface area contributed by atoms with Gasteiger partial charge >= 0.3 is 5.69 Å². The van der Waals surface area contributed by atoms with Crippen molar-refractivity contribution >= 4 is 12.6 Å². The van der Waals surface area contributed by atoms with Gasteiger partial charge in [0.25, 0.3) is 0 Å². The molecule has 0 saturated carbocycles. The zero-order valence-electron chi connectivity index (χ0n) is 11.1. The average molecular weight is 254 g/mol. The number of aldehydes is 2. The monoisotopic (exact) mass is 254 g/mol. The number of aromatic nitrogens is 2. The zero-order chi connectivity index (χ0) is 13.8. The first-order chi connectivity index (χ1) is 8.63. The number of hydrogen-bond acceptors (Lipinski definition) is 3. The minimum atomic E-state index is -0.355. The number of carbonyl (C=O) groups excluding carboxylic acids is 2. The molecule has 5 nitrogen and oxygen atoms in total. The number of carbonyl (C=O) groups is 2. The predicted molar refractivity (Wildman–Crippen MR) is 70.8 cm³/mol. The second-order valence-electron chi connectivity index (χ2n) is 4.28. The molecule has 1 aromatic rings. The molecule has 1 rings (SSSR count). The first-order valence-corrected chi connectivity index (χ1v) is 6.32. The van der Waals surface area contributed by atoms with Crippen LogP contribution >= 0.6 is 0 Å². The van der Waals surface area contributed by atoms with Crippen LogP contribution in [0.5, 0.6) is 0 Å². The van der Waals surface area contributed by atoms with Gasteiger partial charge in [0, 0.05) is 12.1 Å². The molecule has 0 aromatic carbocycles. The van der Waals surface area contributed by atoms with Gasteiger partial charge in [0.05, 0.1) is 5.69 Å². The van der Waals surface area contributed by atoms with Crippen LogP contribution in [-0.2, 0) is 4.79 Å². The second kappa shape index (κ2) is 10.5. The Morgan fingerprint density at radius 2 is 2.00 bits per heavy atom. The van der Waals surface area contributed by atoms with Gasteiger partial charge in [0.1, 0.15) is 6.29 Å². The third-order valence-electron chi connectivity index (χ3n) is 2.49. The summed E-state index contributed by atoms with van der Waals surface area (Å²) in [6.07, 6.45) is 9.09. The number of unbranched alkanes of at least 4 members (excludes halogenated alkanes) is 3. The van der Waals surface area contributed by atoms with E-state index < -0.39 is 0 Å². The van der Waals surface area contributed by atoms with E-state index in [2.05, 4.69) is 16.9 Å². The minimum Gasteiger partial charge on any atom is -0.312 e. The molecule has 0 aliphatic carbocycles. The van der Waals surface area contributed by atoms with Gasteiger partial charge in [-0.3, -0.25) is 4.79 Å². The van der Waals surface area contributed by atoms with Crippen molar-refractivity contribution in [3.8, 4) is 0 Å². The van der Waals surface area contributed by atoms with Crippen LogP contribution in [0.3, 0.4) is 0 Å². The number of aromatic amines is 2. The van der Waals surface area contributed by atoms with Crippen LogP contribution in [-0.4, -0.2) is 22.5 Å². The van der Waals surface area contributed by atoms with E-state index in [0.717, 1.165) is 12.7 Å². The maximum absolute atomic E-state index is 10.2. The van der Waals surface area contributed by atoms with Gasteiger partial charge in [-0.25, -0.2) is 4.79 Å². The highest BCUT2D eigenvalue weighted by Gasteiger charge is 1.97. The Bertz CT molecular complexity index is 382. The van der Waals surface area contributed by atoms with E-state index in [4.69, 9.17) is 0 Å². The van der Waals surface area contributed by atoms with Crippen LogP contribution in [0.4, 0.5) is 0 Å². The average Bonchev–Trinajstić information content (AvgIpc) is 2.81. The van der Waals surface area contributed by atoms with Gasteiger partial charge < -0.3 is 14.8 Å². The first-order valence-electron chi connectivity index (χ1n) is 6.32. The molecule has 0 fully saturated rings. The molecular weight excluding hydrogens is 232 g/mol. The van der Waals surface area contributed by atoms with Crippen molar-refractivity contribution in [3.63, 3.8) is 0 Å². The fourth-order valence-corrected chi connectivity index (χ4v) is 1.37. The van der Waals surface area contributed by atoms with Crippen molar-refractivity contribution in [1.82, 2.24) is 9.97 Å². The molecule has 0 spiro atoms. The van der Waals surface area contributed by atoms with Gasteiger partial charge in [0.2, 0.25) is 0 Å². The van der Waals surface area contributed by atoms with E-state index in [0.29, 0.717) is 6.29 Å². The van der Waals surface area contributed by atoms with Crippen LogP contribution in [0.1, 0.15) is 56.4 Å². The maximum atomic E-state index is 10.2. The van der Waals surface area contributed by atoms with Crippen molar-refractivity contribution in [2.75, 3.05) is 0 Å². The molecule has 2 N–H and O–H groups in total. The lowest BCUT2D eigenvalue weighted by molar-refractivity contribution is -0.110. The molecule has 18 heavy (non-hydrogen) atoms. The lowest BCUT2D eigenvalue weighted by Crippen LogP contribution is -2.00. The van der Waals surface area contributed by atoms with Crippen LogP contribution in [0.25, 0.3) is 0 Å². The Hall–Kier alpha value is -1.65. The molecule has 1 aromatic heterocycles. The first kappa shape index (κ1) is 16.4. The van der Waals surface area contributed by atoms with Crippen molar-refractivity contribution in [2.24, 2.45) is 5.92 Å². The largest absolute Gasteiger partial charge is 0.323 e. The predicted octanol–water partition coefficient (Wildman–Crippen LogP) is 2.31. The molecule has 0 aliphatic heterocycles. The fraction of sp³-hybridized carbons (Fsp3) is 0.615. The SMILES string of the molecule is CCCCCCC(C)C=O.O=Cc1c[nH]c(=O)[nH]1. The van der Waals surface area contributed by atoms with E-state index in [1.807, 2.05) is 6.92 Å². The Morgan fingerprint density at radius 3 is 2.39 bits per heavy atom. The van der Waals surface area contributed by atoms with Gasteiger partial charge in [-0.1, -0.05) is 39.5 Å². The molecule has 0 bridgehead atoms. The summed E-state index contributed by atoms with van der Waals surface area (Å²) in [5.74, 6) is 0.275. The standard InChI is InChI=1S/C9H18O.C4H4N2O2/c1-3-4-5-6-7-9(2)8-10;7-2-3-1-5-4(8)6-3/h8-9H,3-7H2,1-2H3;1-2H,(H2,5,6,8). The zero-order valence-corrected chi connectivity index (χ0v) is 11.1. The lowest BCUT2D eigenvalue weighted by atomic mass is 10.0. The van der Waals surface area contributed by atoms with E-state index in [1.165, 1.54) is 31.9 Å².